The van der Waals surface area contributed by atoms with E-state index in [1.807, 2.05) is 0 Å². The molecule has 1 atom stereocenters. The van der Waals surface area contributed by atoms with E-state index in [1.54, 1.807) is 0 Å². The molecule has 0 aliphatic heterocycles. The summed E-state index contributed by atoms with van der Waals surface area (Å²) in [5, 5.41) is 3.58. The molecule has 1 saturated carbocycles. The first-order chi connectivity index (χ1) is 6.54. The van der Waals surface area contributed by atoms with Crippen LogP contribution in [0.15, 0.2) is 0 Å². The second-order valence-electron chi connectivity index (χ2n) is 5.69. The summed E-state index contributed by atoms with van der Waals surface area (Å²) in [6, 6.07) is 0.461. The van der Waals surface area contributed by atoms with Crippen LogP contribution in [-0.2, 0) is 0 Å². The van der Waals surface area contributed by atoms with Gasteiger partial charge in [-0.25, -0.2) is 0 Å². The minimum atomic E-state index is 0.286. The Morgan fingerprint density at radius 3 is 2.36 bits per heavy atom. The van der Waals surface area contributed by atoms with Crippen LogP contribution in [0.5, 0.6) is 0 Å². The molecule has 0 heterocycles. The summed E-state index contributed by atoms with van der Waals surface area (Å²) in [6.45, 7) is 8.64. The first-order valence-corrected chi connectivity index (χ1v) is 5.97. The largest absolute Gasteiger partial charge is 0.329 e. The summed E-state index contributed by atoms with van der Waals surface area (Å²) in [5.41, 5.74) is 6.05. The molecular formula is C12H26N2. The average Bonchev–Trinajstić information content (AvgIpc) is 1.98. The molecular weight excluding hydrogens is 172 g/mol. The molecule has 1 fully saturated rings. The third-order valence-corrected chi connectivity index (χ3v) is 3.45. The molecule has 1 aliphatic carbocycles. The smallest absolute Gasteiger partial charge is 0.0238 e. The van der Waals surface area contributed by atoms with E-state index < -0.39 is 0 Å². The molecule has 0 spiro atoms. The highest BCUT2D eigenvalue weighted by Gasteiger charge is 2.23. The summed E-state index contributed by atoms with van der Waals surface area (Å²) < 4.78 is 0. The van der Waals surface area contributed by atoms with Crippen LogP contribution in [0.4, 0.5) is 0 Å². The van der Waals surface area contributed by atoms with E-state index in [0.717, 1.165) is 19.0 Å². The summed E-state index contributed by atoms with van der Waals surface area (Å²) >= 11 is 0. The molecule has 1 aliphatic rings. The van der Waals surface area contributed by atoms with Gasteiger partial charge in [0.15, 0.2) is 0 Å². The molecule has 0 radical (unpaired) electrons. The van der Waals surface area contributed by atoms with Crippen LogP contribution >= 0.6 is 0 Å². The minimum Gasteiger partial charge on any atom is -0.329 e. The van der Waals surface area contributed by atoms with Gasteiger partial charge in [-0.05, 0) is 24.3 Å². The maximum absolute atomic E-state index is 5.76. The van der Waals surface area contributed by atoms with Crippen LogP contribution in [0.2, 0.25) is 0 Å². The molecule has 0 saturated heterocycles. The van der Waals surface area contributed by atoms with Crippen molar-refractivity contribution in [2.45, 2.75) is 52.5 Å². The fraction of sp³-hybridized carbons (Fsp3) is 1.00. The van der Waals surface area contributed by atoms with Crippen molar-refractivity contribution in [1.82, 2.24) is 5.32 Å². The normalized spacial score (nSPS) is 20.6. The highest BCUT2D eigenvalue weighted by molar-refractivity contribution is 4.81. The van der Waals surface area contributed by atoms with Crippen LogP contribution in [0.3, 0.4) is 0 Å². The Balaban J connectivity index is 2.13. The van der Waals surface area contributed by atoms with E-state index in [2.05, 4.69) is 26.1 Å². The number of nitrogens with one attached hydrogen (secondary N) is 1. The average molecular weight is 198 g/mol. The number of rotatable bonds is 5. The maximum atomic E-state index is 5.76. The van der Waals surface area contributed by atoms with Gasteiger partial charge in [-0.2, -0.15) is 0 Å². The lowest BCUT2D eigenvalue weighted by Gasteiger charge is -2.32. The molecule has 3 N–H and O–H groups in total. The highest BCUT2D eigenvalue weighted by atomic mass is 14.9. The Morgan fingerprint density at radius 2 is 2.00 bits per heavy atom. The van der Waals surface area contributed by atoms with E-state index >= 15 is 0 Å². The third kappa shape index (κ3) is 3.58. The maximum Gasteiger partial charge on any atom is 0.0238 e. The van der Waals surface area contributed by atoms with Gasteiger partial charge in [-0.15, -0.1) is 0 Å². The second kappa shape index (κ2) is 5.13. The van der Waals surface area contributed by atoms with Crippen LogP contribution in [0.25, 0.3) is 0 Å². The molecule has 0 amide bonds. The lowest BCUT2D eigenvalue weighted by atomic mass is 9.82. The highest BCUT2D eigenvalue weighted by Crippen LogP contribution is 2.29. The van der Waals surface area contributed by atoms with E-state index in [1.165, 1.54) is 25.7 Å². The SMILES string of the molecule is CC(C)(C)C(CN)NCCC1CCC1. The number of hydrogen-bond donors (Lipinski definition) is 2. The van der Waals surface area contributed by atoms with Crippen molar-refractivity contribution in [2.75, 3.05) is 13.1 Å². The van der Waals surface area contributed by atoms with Gasteiger partial charge >= 0.3 is 0 Å². The van der Waals surface area contributed by atoms with Gasteiger partial charge in [-0.1, -0.05) is 40.0 Å². The fourth-order valence-corrected chi connectivity index (χ4v) is 1.99. The van der Waals surface area contributed by atoms with Gasteiger partial charge in [0.25, 0.3) is 0 Å². The molecule has 14 heavy (non-hydrogen) atoms. The molecule has 1 unspecified atom stereocenters. The second-order valence-corrected chi connectivity index (χ2v) is 5.69. The first-order valence-electron chi connectivity index (χ1n) is 5.97. The predicted octanol–water partition coefficient (Wildman–Crippen LogP) is 2.14. The Kier molecular flexibility index (Phi) is 4.39. The fourth-order valence-electron chi connectivity index (χ4n) is 1.99. The number of hydrogen-bond acceptors (Lipinski definition) is 2. The zero-order valence-electron chi connectivity index (χ0n) is 9.97. The van der Waals surface area contributed by atoms with Gasteiger partial charge < -0.3 is 11.1 Å². The van der Waals surface area contributed by atoms with Crippen LogP contribution in [-0.4, -0.2) is 19.1 Å². The van der Waals surface area contributed by atoms with Gasteiger partial charge in [0.05, 0.1) is 0 Å². The topological polar surface area (TPSA) is 38.0 Å². The monoisotopic (exact) mass is 198 g/mol. The van der Waals surface area contributed by atoms with Crippen LogP contribution in [0, 0.1) is 11.3 Å². The minimum absolute atomic E-state index is 0.286. The quantitative estimate of drug-likeness (QED) is 0.710. The lowest BCUT2D eigenvalue weighted by Crippen LogP contribution is -2.46. The Morgan fingerprint density at radius 1 is 1.36 bits per heavy atom. The van der Waals surface area contributed by atoms with Crippen LogP contribution in [0.1, 0.15) is 46.5 Å². The molecule has 2 nitrogen and oxygen atoms in total. The van der Waals surface area contributed by atoms with Crippen molar-refractivity contribution in [2.24, 2.45) is 17.1 Å². The summed E-state index contributed by atoms with van der Waals surface area (Å²) in [5.74, 6) is 1.00. The molecule has 0 aromatic carbocycles. The van der Waals surface area contributed by atoms with Crippen molar-refractivity contribution >= 4 is 0 Å². The Labute approximate surface area is 88.6 Å². The zero-order chi connectivity index (χ0) is 10.6. The van der Waals surface area contributed by atoms with Gasteiger partial charge in [0, 0.05) is 12.6 Å². The molecule has 0 aromatic heterocycles. The van der Waals surface area contributed by atoms with Gasteiger partial charge in [-0.3, -0.25) is 0 Å². The van der Waals surface area contributed by atoms with Gasteiger partial charge in [0.1, 0.15) is 0 Å². The van der Waals surface area contributed by atoms with Crippen molar-refractivity contribution in [3.05, 3.63) is 0 Å². The number of nitrogens with two attached hydrogens (primary N) is 1. The van der Waals surface area contributed by atoms with Crippen molar-refractivity contribution in [1.29, 1.82) is 0 Å². The first kappa shape index (κ1) is 12.0. The Hall–Kier alpha value is -0.0800. The van der Waals surface area contributed by atoms with E-state index in [9.17, 15) is 0 Å². The molecule has 0 bridgehead atoms. The summed E-state index contributed by atoms with van der Waals surface area (Å²) in [4.78, 5) is 0. The van der Waals surface area contributed by atoms with E-state index in [4.69, 9.17) is 5.73 Å². The molecule has 84 valence electrons. The summed E-state index contributed by atoms with van der Waals surface area (Å²) in [7, 11) is 0. The Bertz CT molecular complexity index is 156. The van der Waals surface area contributed by atoms with E-state index in [0.29, 0.717) is 6.04 Å². The third-order valence-electron chi connectivity index (χ3n) is 3.45. The van der Waals surface area contributed by atoms with Crippen molar-refractivity contribution < 1.29 is 0 Å². The van der Waals surface area contributed by atoms with Crippen molar-refractivity contribution in [3.8, 4) is 0 Å². The van der Waals surface area contributed by atoms with E-state index in [-0.39, 0.29) is 5.41 Å². The lowest BCUT2D eigenvalue weighted by molar-refractivity contribution is 0.246. The predicted molar refractivity (Wildman–Crippen MR) is 62.3 cm³/mol. The molecule has 2 heteroatoms. The standard InChI is InChI=1S/C12H26N2/c1-12(2,3)11(9-13)14-8-7-10-5-4-6-10/h10-11,14H,4-9,13H2,1-3H3. The molecule has 1 rings (SSSR count). The van der Waals surface area contributed by atoms with Crippen molar-refractivity contribution in [3.63, 3.8) is 0 Å². The molecule has 0 aromatic rings. The summed E-state index contributed by atoms with van der Waals surface area (Å²) in [6.07, 6.45) is 5.69. The van der Waals surface area contributed by atoms with Crippen LogP contribution < -0.4 is 11.1 Å². The zero-order valence-corrected chi connectivity index (χ0v) is 9.97. The van der Waals surface area contributed by atoms with Gasteiger partial charge in [0.2, 0.25) is 0 Å².